The van der Waals surface area contributed by atoms with Gasteiger partial charge in [0.2, 0.25) is 5.82 Å². The highest BCUT2D eigenvalue weighted by atomic mass is 32.1. The molecule has 0 atom stereocenters. The van der Waals surface area contributed by atoms with E-state index >= 15 is 0 Å². The largest absolute Gasteiger partial charge is 0.493 e. The van der Waals surface area contributed by atoms with Crippen molar-refractivity contribution in [2.45, 2.75) is 20.0 Å². The van der Waals surface area contributed by atoms with Gasteiger partial charge in [-0.25, -0.2) is 0 Å². The molecule has 0 fully saturated rings. The van der Waals surface area contributed by atoms with Crippen LogP contribution in [0.4, 0.5) is 0 Å². The summed E-state index contributed by atoms with van der Waals surface area (Å²) in [5.74, 6) is 1.12. The van der Waals surface area contributed by atoms with Gasteiger partial charge in [-0.05, 0) is 30.5 Å². The van der Waals surface area contributed by atoms with Gasteiger partial charge >= 0.3 is 5.97 Å². The van der Waals surface area contributed by atoms with Crippen LogP contribution in [0.3, 0.4) is 0 Å². The van der Waals surface area contributed by atoms with Gasteiger partial charge in [-0.15, -0.1) is 11.3 Å². The van der Waals surface area contributed by atoms with E-state index in [0.717, 1.165) is 16.2 Å². The second-order valence-electron chi connectivity index (χ2n) is 5.06. The van der Waals surface area contributed by atoms with Crippen LogP contribution >= 0.6 is 11.3 Å². The molecule has 24 heavy (non-hydrogen) atoms. The summed E-state index contributed by atoms with van der Waals surface area (Å²) in [4.78, 5) is 16.8. The van der Waals surface area contributed by atoms with Gasteiger partial charge in [-0.1, -0.05) is 28.9 Å². The highest BCUT2D eigenvalue weighted by molar-refractivity contribution is 7.13. The Morgan fingerprint density at radius 2 is 2.08 bits per heavy atom. The summed E-state index contributed by atoms with van der Waals surface area (Å²) in [6, 6.07) is 11.4. The van der Waals surface area contributed by atoms with E-state index in [9.17, 15) is 4.79 Å². The fourth-order valence-electron chi connectivity index (χ4n) is 1.92. The topological polar surface area (TPSA) is 74.5 Å². The van der Waals surface area contributed by atoms with Crippen molar-refractivity contribution >= 4 is 17.3 Å². The summed E-state index contributed by atoms with van der Waals surface area (Å²) in [6.45, 7) is 2.22. The van der Waals surface area contributed by atoms with Gasteiger partial charge in [0, 0.05) is 0 Å². The molecular formula is C17H16N2O4S. The average molecular weight is 344 g/mol. The van der Waals surface area contributed by atoms with Crippen LogP contribution in [-0.2, 0) is 16.1 Å². The lowest BCUT2D eigenvalue weighted by molar-refractivity contribution is -0.146. The van der Waals surface area contributed by atoms with Crippen LogP contribution in [0.1, 0.15) is 17.9 Å². The van der Waals surface area contributed by atoms with Crippen molar-refractivity contribution in [1.29, 1.82) is 0 Å². The molecule has 0 aliphatic heterocycles. The van der Waals surface area contributed by atoms with E-state index in [1.54, 1.807) is 0 Å². The summed E-state index contributed by atoms with van der Waals surface area (Å²) in [6.07, 6.45) is 0.153. The predicted octanol–water partition coefficient (Wildman–Crippen LogP) is 3.62. The number of rotatable bonds is 7. The van der Waals surface area contributed by atoms with Crippen LogP contribution in [0.25, 0.3) is 10.7 Å². The molecule has 1 aromatic carbocycles. The fourth-order valence-corrected chi connectivity index (χ4v) is 2.57. The Balaban J connectivity index is 1.40. The van der Waals surface area contributed by atoms with Gasteiger partial charge in [-0.2, -0.15) is 4.98 Å². The SMILES string of the molecule is Cc1ccc(OCCC(=O)OCc2nc(-c3cccs3)no2)cc1. The zero-order valence-electron chi connectivity index (χ0n) is 13.1. The first-order valence-electron chi connectivity index (χ1n) is 7.42. The maximum absolute atomic E-state index is 11.7. The first-order valence-corrected chi connectivity index (χ1v) is 8.30. The quantitative estimate of drug-likeness (QED) is 0.610. The number of carbonyl (C=O) groups excluding carboxylic acids is 1. The fraction of sp³-hybridized carbons (Fsp3) is 0.235. The van der Waals surface area contributed by atoms with Crippen molar-refractivity contribution in [3.8, 4) is 16.5 Å². The number of nitrogens with zero attached hydrogens (tertiary/aromatic N) is 2. The Morgan fingerprint density at radius 3 is 2.83 bits per heavy atom. The van der Waals surface area contributed by atoms with E-state index in [1.165, 1.54) is 11.3 Å². The molecule has 0 aliphatic rings. The number of carbonyl (C=O) groups is 1. The van der Waals surface area contributed by atoms with Gasteiger partial charge in [0.25, 0.3) is 5.89 Å². The van der Waals surface area contributed by atoms with E-state index in [2.05, 4.69) is 10.1 Å². The molecule has 0 unspecified atom stereocenters. The molecule has 3 aromatic rings. The average Bonchev–Trinajstić information content (AvgIpc) is 3.26. The molecule has 0 aliphatic carbocycles. The molecule has 3 rings (SSSR count). The zero-order valence-corrected chi connectivity index (χ0v) is 13.9. The van der Waals surface area contributed by atoms with Crippen molar-refractivity contribution in [3.63, 3.8) is 0 Å². The molecule has 0 bridgehead atoms. The molecular weight excluding hydrogens is 328 g/mol. The molecule has 0 N–H and O–H groups in total. The molecule has 0 saturated carbocycles. The van der Waals surface area contributed by atoms with E-state index in [1.807, 2.05) is 48.7 Å². The molecule has 2 heterocycles. The van der Waals surface area contributed by atoms with Gasteiger partial charge < -0.3 is 14.0 Å². The van der Waals surface area contributed by atoms with Crippen LogP contribution in [0.15, 0.2) is 46.3 Å². The summed E-state index contributed by atoms with van der Waals surface area (Å²) < 4.78 is 15.7. The molecule has 0 spiro atoms. The zero-order chi connectivity index (χ0) is 16.8. The molecule has 0 saturated heterocycles. The van der Waals surface area contributed by atoms with Gasteiger partial charge in [0.05, 0.1) is 17.9 Å². The minimum Gasteiger partial charge on any atom is -0.493 e. The first kappa shape index (κ1) is 16.2. The van der Waals surface area contributed by atoms with Gasteiger partial charge in [0.1, 0.15) is 5.75 Å². The predicted molar refractivity (Wildman–Crippen MR) is 88.7 cm³/mol. The standard InChI is InChI=1S/C17H16N2O4S/c1-12-4-6-13(7-5-12)21-9-8-16(20)22-11-15-18-17(19-23-15)14-3-2-10-24-14/h2-7,10H,8-9,11H2,1H3. The lowest BCUT2D eigenvalue weighted by Crippen LogP contribution is -2.10. The number of thiophene rings is 1. The van der Waals surface area contributed by atoms with Crippen molar-refractivity contribution in [1.82, 2.24) is 10.1 Å². The Labute approximate surface area is 143 Å². The number of benzene rings is 1. The molecule has 6 nitrogen and oxygen atoms in total. The Kier molecular flexibility index (Phi) is 5.22. The van der Waals surface area contributed by atoms with Crippen molar-refractivity contribution in [2.24, 2.45) is 0 Å². The minimum atomic E-state index is -0.377. The highest BCUT2D eigenvalue weighted by Gasteiger charge is 2.11. The molecule has 7 heteroatoms. The lowest BCUT2D eigenvalue weighted by atomic mass is 10.2. The number of esters is 1. The lowest BCUT2D eigenvalue weighted by Gasteiger charge is -2.06. The number of hydrogen-bond acceptors (Lipinski definition) is 7. The van der Waals surface area contributed by atoms with Crippen molar-refractivity contribution < 1.29 is 18.8 Å². The van der Waals surface area contributed by atoms with Crippen LogP contribution in [0.2, 0.25) is 0 Å². The summed E-state index contributed by atoms with van der Waals surface area (Å²) in [5.41, 5.74) is 1.16. The smallest absolute Gasteiger partial charge is 0.309 e. The van der Waals surface area contributed by atoms with Gasteiger partial charge in [-0.3, -0.25) is 4.79 Å². The van der Waals surface area contributed by atoms with E-state index in [0.29, 0.717) is 5.82 Å². The van der Waals surface area contributed by atoms with Gasteiger partial charge in [0.15, 0.2) is 6.61 Å². The Hall–Kier alpha value is -2.67. The Bertz CT molecular complexity index is 781. The minimum absolute atomic E-state index is 0.0399. The maximum Gasteiger partial charge on any atom is 0.309 e. The monoisotopic (exact) mass is 344 g/mol. The number of aromatic nitrogens is 2. The molecule has 0 amide bonds. The summed E-state index contributed by atoms with van der Waals surface area (Å²) in [7, 11) is 0. The molecule has 124 valence electrons. The van der Waals surface area contributed by atoms with Crippen molar-refractivity contribution in [3.05, 3.63) is 53.2 Å². The number of aryl methyl sites for hydroxylation is 1. The first-order chi connectivity index (χ1) is 11.7. The van der Waals surface area contributed by atoms with E-state index in [4.69, 9.17) is 14.0 Å². The van der Waals surface area contributed by atoms with Crippen LogP contribution in [0.5, 0.6) is 5.75 Å². The number of ether oxygens (including phenoxy) is 2. The number of hydrogen-bond donors (Lipinski definition) is 0. The Morgan fingerprint density at radius 1 is 1.25 bits per heavy atom. The second-order valence-corrected chi connectivity index (χ2v) is 6.01. The van der Waals surface area contributed by atoms with E-state index < -0.39 is 0 Å². The van der Waals surface area contributed by atoms with Crippen molar-refractivity contribution in [2.75, 3.05) is 6.61 Å². The third-order valence-corrected chi connectivity index (χ3v) is 4.03. The van der Waals surface area contributed by atoms with Crippen LogP contribution < -0.4 is 4.74 Å². The molecule has 2 aromatic heterocycles. The third-order valence-electron chi connectivity index (χ3n) is 3.16. The van der Waals surface area contributed by atoms with E-state index in [-0.39, 0.29) is 31.5 Å². The summed E-state index contributed by atoms with van der Waals surface area (Å²) in [5, 5.41) is 5.78. The highest BCUT2D eigenvalue weighted by Crippen LogP contribution is 2.21. The normalized spacial score (nSPS) is 10.5. The second kappa shape index (κ2) is 7.74. The molecule has 0 radical (unpaired) electrons. The summed E-state index contributed by atoms with van der Waals surface area (Å²) >= 11 is 1.51. The third kappa shape index (κ3) is 4.42. The van der Waals surface area contributed by atoms with Crippen LogP contribution in [-0.4, -0.2) is 22.7 Å². The maximum atomic E-state index is 11.7. The van der Waals surface area contributed by atoms with Crippen LogP contribution in [0, 0.1) is 6.92 Å².